The Morgan fingerprint density at radius 1 is 1.11 bits per heavy atom. The van der Waals surface area contributed by atoms with Crippen LogP contribution in [0.15, 0.2) is 66.3 Å². The Morgan fingerprint density at radius 3 is 2.79 bits per heavy atom. The molecule has 2 aromatic carbocycles. The number of nitrogens with zero attached hydrogens (tertiary/aromatic N) is 2. The van der Waals surface area contributed by atoms with Crippen LogP contribution in [-0.2, 0) is 6.42 Å². The van der Waals surface area contributed by atoms with Gasteiger partial charge in [0.2, 0.25) is 0 Å². The predicted molar refractivity (Wildman–Crippen MR) is 116 cm³/mol. The Balaban J connectivity index is 1.37. The lowest BCUT2D eigenvalue weighted by atomic mass is 10.1. The van der Waals surface area contributed by atoms with Crippen molar-refractivity contribution >= 4 is 27.2 Å². The van der Waals surface area contributed by atoms with Gasteiger partial charge in [0.25, 0.3) is 0 Å². The zero-order valence-electron chi connectivity index (χ0n) is 15.6. The molecule has 0 bridgehead atoms. The zero-order valence-corrected chi connectivity index (χ0v) is 16.4. The monoisotopic (exact) mass is 390 g/mol. The van der Waals surface area contributed by atoms with E-state index >= 15 is 0 Å². The molecule has 4 rings (SSSR count). The molecule has 1 atom stereocenters. The van der Waals surface area contributed by atoms with Crippen molar-refractivity contribution in [3.63, 3.8) is 0 Å². The fourth-order valence-corrected chi connectivity index (χ4v) is 3.81. The van der Waals surface area contributed by atoms with Gasteiger partial charge in [-0.1, -0.05) is 24.3 Å². The maximum Gasteiger partial charge on any atom is 0.183 e. The number of methoxy groups -OCH3 is 1. The molecule has 4 aromatic rings. The van der Waals surface area contributed by atoms with Gasteiger partial charge in [0, 0.05) is 41.3 Å². The first-order valence-electron chi connectivity index (χ1n) is 9.13. The first-order valence-corrected chi connectivity index (χ1v) is 10.0. The molecule has 0 fully saturated rings. The highest BCUT2D eigenvalue weighted by atomic mass is 32.1. The van der Waals surface area contributed by atoms with Crippen LogP contribution in [0, 0.1) is 0 Å². The van der Waals surface area contributed by atoms with E-state index in [2.05, 4.69) is 46.0 Å². The smallest absolute Gasteiger partial charge is 0.183 e. The van der Waals surface area contributed by atoms with E-state index in [4.69, 9.17) is 15.5 Å². The molecule has 3 N–H and O–H groups in total. The molecule has 142 valence electrons. The summed E-state index contributed by atoms with van der Waals surface area (Å²) in [5.74, 6) is 0.857. The van der Waals surface area contributed by atoms with Gasteiger partial charge >= 0.3 is 0 Å². The zero-order chi connectivity index (χ0) is 19.3. The molecule has 2 heterocycles. The molecular formula is C22H22N4OS. The molecule has 0 aliphatic carbocycles. The van der Waals surface area contributed by atoms with Crippen molar-refractivity contribution in [1.82, 2.24) is 9.97 Å². The molecule has 0 radical (unpaired) electrons. The molecule has 5 nitrogen and oxygen atoms in total. The minimum atomic E-state index is 0.00825. The number of anilines is 1. The van der Waals surface area contributed by atoms with Crippen molar-refractivity contribution in [2.24, 2.45) is 5.73 Å². The number of rotatable bonds is 7. The van der Waals surface area contributed by atoms with Crippen LogP contribution >= 0.6 is 11.3 Å². The summed E-state index contributed by atoms with van der Waals surface area (Å²) in [5.41, 5.74) is 9.55. The minimum Gasteiger partial charge on any atom is -0.497 e. The third-order valence-corrected chi connectivity index (χ3v) is 5.41. The first-order chi connectivity index (χ1) is 13.7. The van der Waals surface area contributed by atoms with Crippen molar-refractivity contribution in [1.29, 1.82) is 0 Å². The van der Waals surface area contributed by atoms with Gasteiger partial charge < -0.3 is 15.8 Å². The fourth-order valence-electron chi connectivity index (χ4n) is 3.09. The summed E-state index contributed by atoms with van der Waals surface area (Å²) in [7, 11) is 1.67. The molecular weight excluding hydrogens is 368 g/mol. The lowest BCUT2D eigenvalue weighted by Gasteiger charge is -2.12. The van der Waals surface area contributed by atoms with E-state index in [0.29, 0.717) is 6.54 Å². The van der Waals surface area contributed by atoms with Crippen LogP contribution in [0.3, 0.4) is 0 Å². The Hall–Kier alpha value is -2.96. The largest absolute Gasteiger partial charge is 0.497 e. The van der Waals surface area contributed by atoms with Gasteiger partial charge in [-0.05, 0) is 41.6 Å². The molecule has 2 aromatic heterocycles. The number of benzene rings is 2. The summed E-state index contributed by atoms with van der Waals surface area (Å²) in [5, 5.41) is 8.61. The molecule has 0 saturated heterocycles. The number of nitrogens with one attached hydrogen (secondary N) is 1. The van der Waals surface area contributed by atoms with Crippen LogP contribution in [0.1, 0.15) is 5.56 Å². The van der Waals surface area contributed by atoms with Crippen LogP contribution < -0.4 is 15.8 Å². The molecule has 28 heavy (non-hydrogen) atoms. The van der Waals surface area contributed by atoms with E-state index in [0.717, 1.165) is 39.3 Å². The molecule has 0 saturated carbocycles. The average Bonchev–Trinajstić information content (AvgIpc) is 3.21. The fraction of sp³-hybridized carbons (Fsp3) is 0.182. The van der Waals surface area contributed by atoms with Crippen molar-refractivity contribution in [3.8, 4) is 17.0 Å². The highest BCUT2D eigenvalue weighted by Gasteiger charge is 2.08. The number of pyridine rings is 1. The van der Waals surface area contributed by atoms with Crippen molar-refractivity contribution < 1.29 is 4.74 Å². The lowest BCUT2D eigenvalue weighted by Crippen LogP contribution is -2.31. The van der Waals surface area contributed by atoms with Gasteiger partial charge in [-0.2, -0.15) is 0 Å². The highest BCUT2D eigenvalue weighted by Crippen LogP contribution is 2.27. The van der Waals surface area contributed by atoms with Crippen molar-refractivity contribution in [2.45, 2.75) is 12.5 Å². The lowest BCUT2D eigenvalue weighted by molar-refractivity contribution is 0.414. The number of hydrogen-bond acceptors (Lipinski definition) is 6. The summed E-state index contributed by atoms with van der Waals surface area (Å²) in [6, 6.07) is 16.4. The molecule has 6 heteroatoms. The second-order valence-electron chi connectivity index (χ2n) is 6.67. The van der Waals surface area contributed by atoms with Gasteiger partial charge in [-0.25, -0.2) is 4.98 Å². The SMILES string of the molecule is COc1ccc(C[C@H](N)CNc2nc(-c3ccc4cnccc4c3)cs2)cc1. The third-order valence-electron chi connectivity index (χ3n) is 4.61. The maximum atomic E-state index is 6.28. The van der Waals surface area contributed by atoms with Crippen LogP contribution in [0.4, 0.5) is 5.13 Å². The van der Waals surface area contributed by atoms with E-state index in [9.17, 15) is 0 Å². The van der Waals surface area contributed by atoms with Crippen molar-refractivity contribution in [2.75, 3.05) is 19.0 Å². The number of fused-ring (bicyclic) bond motifs is 1. The van der Waals surface area contributed by atoms with Gasteiger partial charge in [0.15, 0.2) is 5.13 Å². The Labute approximate surface area is 168 Å². The number of thiazole rings is 1. The summed E-state index contributed by atoms with van der Waals surface area (Å²) in [6.45, 7) is 0.669. The summed E-state index contributed by atoms with van der Waals surface area (Å²) >= 11 is 1.60. The molecule has 0 aliphatic heterocycles. The number of hydrogen-bond donors (Lipinski definition) is 2. The van der Waals surface area contributed by atoms with E-state index in [1.54, 1.807) is 18.4 Å². The predicted octanol–water partition coefficient (Wildman–Crippen LogP) is 4.35. The van der Waals surface area contributed by atoms with Crippen LogP contribution in [0.5, 0.6) is 5.75 Å². The second-order valence-corrected chi connectivity index (χ2v) is 7.53. The van der Waals surface area contributed by atoms with Crippen LogP contribution in [0.2, 0.25) is 0 Å². The Morgan fingerprint density at radius 2 is 1.96 bits per heavy atom. The summed E-state index contributed by atoms with van der Waals surface area (Å²) < 4.78 is 5.19. The topological polar surface area (TPSA) is 73.1 Å². The molecule has 0 unspecified atom stereocenters. The van der Waals surface area contributed by atoms with E-state index < -0.39 is 0 Å². The normalized spacial score (nSPS) is 12.1. The van der Waals surface area contributed by atoms with Crippen LogP contribution in [-0.4, -0.2) is 29.7 Å². The van der Waals surface area contributed by atoms with Gasteiger partial charge in [-0.15, -0.1) is 11.3 Å². The number of aromatic nitrogens is 2. The molecule has 0 spiro atoms. The van der Waals surface area contributed by atoms with Crippen molar-refractivity contribution in [3.05, 3.63) is 71.9 Å². The van der Waals surface area contributed by atoms with E-state index in [-0.39, 0.29) is 6.04 Å². The minimum absolute atomic E-state index is 0.00825. The summed E-state index contributed by atoms with van der Waals surface area (Å²) in [4.78, 5) is 8.87. The highest BCUT2D eigenvalue weighted by molar-refractivity contribution is 7.14. The summed E-state index contributed by atoms with van der Waals surface area (Å²) in [6.07, 6.45) is 4.48. The van der Waals surface area contributed by atoms with Gasteiger partial charge in [0.05, 0.1) is 12.8 Å². The standard InChI is InChI=1S/C22H22N4OS/c1-27-20-6-2-15(3-7-20)10-19(23)13-25-22-26-21(14-28-22)17-4-5-18-12-24-9-8-16(18)11-17/h2-9,11-12,14,19H,10,13,23H2,1H3,(H,25,26)/t19-/m0/s1. The van der Waals surface area contributed by atoms with Gasteiger partial charge in [-0.3, -0.25) is 4.98 Å². The van der Waals surface area contributed by atoms with Crippen LogP contribution in [0.25, 0.3) is 22.0 Å². The van der Waals surface area contributed by atoms with Gasteiger partial charge in [0.1, 0.15) is 5.75 Å². The molecule has 0 amide bonds. The maximum absolute atomic E-state index is 6.28. The Kier molecular flexibility index (Phi) is 5.50. The van der Waals surface area contributed by atoms with E-state index in [1.165, 1.54) is 5.56 Å². The second kappa shape index (κ2) is 8.37. The Bertz CT molecular complexity index is 1060. The third kappa shape index (κ3) is 4.30. The quantitative estimate of drug-likeness (QED) is 0.491. The number of ether oxygens (including phenoxy) is 1. The molecule has 0 aliphatic rings. The average molecular weight is 391 g/mol. The number of nitrogens with two attached hydrogens (primary N) is 1. The van der Waals surface area contributed by atoms with E-state index in [1.807, 2.05) is 30.6 Å². The first kappa shape index (κ1) is 18.4.